The third-order valence-corrected chi connectivity index (χ3v) is 5.48. The fourth-order valence-electron chi connectivity index (χ4n) is 2.23. The summed E-state index contributed by atoms with van der Waals surface area (Å²) in [6, 6.07) is 4.82. The van der Waals surface area contributed by atoms with Gasteiger partial charge in [-0.25, -0.2) is 8.42 Å². The molecule has 0 saturated heterocycles. The van der Waals surface area contributed by atoms with Crippen molar-refractivity contribution in [2.75, 3.05) is 26.2 Å². The molecule has 0 aromatic heterocycles. The predicted molar refractivity (Wildman–Crippen MR) is 93.3 cm³/mol. The maximum absolute atomic E-state index is 12.7. The van der Waals surface area contributed by atoms with Crippen LogP contribution in [0.2, 0.25) is 0 Å². The summed E-state index contributed by atoms with van der Waals surface area (Å²) in [7, 11) is -3.69. The van der Waals surface area contributed by atoms with E-state index in [1.807, 2.05) is 13.8 Å². The van der Waals surface area contributed by atoms with Gasteiger partial charge in [0.15, 0.2) is 0 Å². The molecule has 24 heavy (non-hydrogen) atoms. The van der Waals surface area contributed by atoms with E-state index in [4.69, 9.17) is 5.73 Å². The normalized spacial score (nSPS) is 13.2. The van der Waals surface area contributed by atoms with Gasteiger partial charge in [0.05, 0.1) is 9.82 Å². The van der Waals surface area contributed by atoms with E-state index in [1.54, 1.807) is 0 Å². The van der Waals surface area contributed by atoms with Crippen LogP contribution in [-0.2, 0) is 10.0 Å². The van der Waals surface area contributed by atoms with Crippen molar-refractivity contribution < 1.29 is 13.3 Å². The summed E-state index contributed by atoms with van der Waals surface area (Å²) in [5.41, 5.74) is 5.84. The largest absolute Gasteiger partial charge is 0.327 e. The van der Waals surface area contributed by atoms with Gasteiger partial charge < -0.3 is 11.1 Å². The van der Waals surface area contributed by atoms with Crippen LogP contribution in [0.3, 0.4) is 0 Å². The highest BCUT2D eigenvalue weighted by molar-refractivity contribution is 7.89. The highest BCUT2D eigenvalue weighted by Gasteiger charge is 2.24. The molecule has 0 fully saturated rings. The third-order valence-electron chi connectivity index (χ3n) is 3.56. The number of benzene rings is 1. The Bertz CT molecular complexity index is 619. The number of hydrogen-bond acceptors (Lipinski definition) is 6. The van der Waals surface area contributed by atoms with E-state index in [2.05, 4.69) is 5.32 Å². The van der Waals surface area contributed by atoms with Gasteiger partial charge in [0.2, 0.25) is 10.0 Å². The lowest BCUT2D eigenvalue weighted by Gasteiger charge is -2.23. The molecule has 0 bridgehead atoms. The lowest BCUT2D eigenvalue weighted by atomic mass is 10.2. The molecule has 0 aliphatic heterocycles. The highest BCUT2D eigenvalue weighted by Crippen LogP contribution is 2.20. The van der Waals surface area contributed by atoms with Crippen molar-refractivity contribution >= 4 is 15.7 Å². The van der Waals surface area contributed by atoms with Crippen LogP contribution in [-0.4, -0.2) is 49.9 Å². The van der Waals surface area contributed by atoms with E-state index in [0.717, 1.165) is 6.54 Å². The number of nitrogens with zero attached hydrogens (tertiary/aromatic N) is 2. The average Bonchev–Trinajstić information content (AvgIpc) is 2.56. The fourth-order valence-corrected chi connectivity index (χ4v) is 3.78. The number of non-ortho nitro benzene ring substituents is 1. The summed E-state index contributed by atoms with van der Waals surface area (Å²) in [4.78, 5) is 10.2. The maximum atomic E-state index is 12.7. The molecule has 0 amide bonds. The van der Waals surface area contributed by atoms with Gasteiger partial charge in [-0.1, -0.05) is 13.8 Å². The molecule has 0 spiro atoms. The molecule has 136 valence electrons. The first-order valence-electron chi connectivity index (χ1n) is 8.03. The van der Waals surface area contributed by atoms with E-state index in [-0.39, 0.29) is 16.6 Å². The Labute approximate surface area is 143 Å². The summed E-state index contributed by atoms with van der Waals surface area (Å²) in [6.45, 7) is 6.03. The van der Waals surface area contributed by atoms with Crippen LogP contribution in [0, 0.1) is 10.1 Å². The lowest BCUT2D eigenvalue weighted by Crippen LogP contribution is -2.39. The van der Waals surface area contributed by atoms with Gasteiger partial charge in [0.25, 0.3) is 5.69 Å². The van der Waals surface area contributed by atoms with Crippen molar-refractivity contribution in [3.8, 4) is 0 Å². The van der Waals surface area contributed by atoms with Gasteiger partial charge in [-0.2, -0.15) is 4.31 Å². The molecule has 1 aromatic carbocycles. The van der Waals surface area contributed by atoms with Gasteiger partial charge in [-0.15, -0.1) is 0 Å². The van der Waals surface area contributed by atoms with Crippen molar-refractivity contribution in [1.82, 2.24) is 9.62 Å². The first kappa shape index (κ1) is 20.5. The number of nitrogens with two attached hydrogens (primary N) is 1. The van der Waals surface area contributed by atoms with Gasteiger partial charge in [-0.05, 0) is 31.5 Å². The molecule has 0 aliphatic rings. The Morgan fingerprint density at radius 1 is 1.25 bits per heavy atom. The van der Waals surface area contributed by atoms with Crippen molar-refractivity contribution in [2.45, 2.75) is 37.6 Å². The van der Waals surface area contributed by atoms with E-state index in [9.17, 15) is 18.5 Å². The minimum atomic E-state index is -3.69. The number of nitro groups is 1. The fraction of sp³-hybridized carbons (Fsp3) is 0.600. The molecule has 1 unspecified atom stereocenters. The van der Waals surface area contributed by atoms with Crippen LogP contribution in [0.1, 0.15) is 26.7 Å². The molecular formula is C15H26N4O4S. The zero-order chi connectivity index (χ0) is 18.2. The molecule has 0 saturated carbocycles. The smallest absolute Gasteiger partial charge is 0.269 e. The zero-order valence-corrected chi connectivity index (χ0v) is 15.0. The van der Waals surface area contributed by atoms with Crippen LogP contribution in [0.15, 0.2) is 29.2 Å². The second-order valence-corrected chi connectivity index (χ2v) is 7.45. The zero-order valence-electron chi connectivity index (χ0n) is 14.1. The summed E-state index contributed by atoms with van der Waals surface area (Å²) < 4.78 is 26.8. The molecule has 1 rings (SSSR count). The van der Waals surface area contributed by atoms with E-state index in [1.165, 1.54) is 28.6 Å². The van der Waals surface area contributed by atoms with E-state index >= 15 is 0 Å². The standard InChI is InChI=1S/C15H26N4O4S/c1-3-10-18(11-9-13(16)12-17-4-2)24(22,23)15-7-5-14(6-8-15)19(20)21/h5-8,13,17H,3-4,9-12,16H2,1-2H3. The molecular weight excluding hydrogens is 332 g/mol. The van der Waals surface area contributed by atoms with Crippen molar-refractivity contribution in [1.29, 1.82) is 0 Å². The quantitative estimate of drug-likeness (QED) is 0.455. The Morgan fingerprint density at radius 2 is 1.88 bits per heavy atom. The summed E-state index contributed by atoms with van der Waals surface area (Å²) in [5.74, 6) is 0. The molecule has 0 radical (unpaired) electrons. The highest BCUT2D eigenvalue weighted by atomic mass is 32.2. The topological polar surface area (TPSA) is 119 Å². The monoisotopic (exact) mass is 358 g/mol. The number of hydrogen-bond donors (Lipinski definition) is 2. The Balaban J connectivity index is 2.86. The van der Waals surface area contributed by atoms with Crippen LogP contribution >= 0.6 is 0 Å². The minimum Gasteiger partial charge on any atom is -0.327 e. The van der Waals surface area contributed by atoms with Gasteiger partial charge in [-0.3, -0.25) is 10.1 Å². The van der Waals surface area contributed by atoms with E-state index in [0.29, 0.717) is 32.5 Å². The van der Waals surface area contributed by atoms with Crippen LogP contribution < -0.4 is 11.1 Å². The third kappa shape index (κ3) is 5.82. The molecule has 0 aliphatic carbocycles. The first-order chi connectivity index (χ1) is 11.3. The molecule has 3 N–H and O–H groups in total. The molecule has 1 aromatic rings. The first-order valence-corrected chi connectivity index (χ1v) is 9.47. The Kier molecular flexibility index (Phi) is 8.26. The maximum Gasteiger partial charge on any atom is 0.269 e. The second kappa shape index (κ2) is 9.67. The number of nitrogens with one attached hydrogen (secondary N) is 1. The molecule has 8 nitrogen and oxygen atoms in total. The average molecular weight is 358 g/mol. The number of likely N-dealkylation sites (N-methyl/N-ethyl adjacent to an activating group) is 1. The number of nitro benzene ring substituents is 1. The number of rotatable bonds is 11. The predicted octanol–water partition coefficient (Wildman–Crippen LogP) is 1.32. The van der Waals surface area contributed by atoms with E-state index < -0.39 is 14.9 Å². The van der Waals surface area contributed by atoms with Gasteiger partial charge >= 0.3 is 0 Å². The van der Waals surface area contributed by atoms with Crippen molar-refractivity contribution in [2.24, 2.45) is 5.73 Å². The lowest BCUT2D eigenvalue weighted by molar-refractivity contribution is -0.384. The Hall–Kier alpha value is -1.55. The number of sulfonamides is 1. The summed E-state index contributed by atoms with van der Waals surface area (Å²) in [5, 5.41) is 13.8. The SMILES string of the molecule is CCCN(CCC(N)CNCC)S(=O)(=O)c1ccc([N+](=O)[O-])cc1. The Morgan fingerprint density at radius 3 is 2.38 bits per heavy atom. The van der Waals surface area contributed by atoms with Gasteiger partial charge in [0.1, 0.15) is 0 Å². The molecule has 9 heteroatoms. The van der Waals surface area contributed by atoms with Gasteiger partial charge in [0, 0.05) is 37.8 Å². The summed E-state index contributed by atoms with van der Waals surface area (Å²) >= 11 is 0. The molecule has 0 heterocycles. The van der Waals surface area contributed by atoms with Crippen LogP contribution in [0.25, 0.3) is 0 Å². The van der Waals surface area contributed by atoms with Crippen LogP contribution in [0.4, 0.5) is 5.69 Å². The second-order valence-electron chi connectivity index (χ2n) is 5.51. The summed E-state index contributed by atoms with van der Waals surface area (Å²) in [6.07, 6.45) is 1.22. The van der Waals surface area contributed by atoms with Crippen LogP contribution in [0.5, 0.6) is 0 Å². The minimum absolute atomic E-state index is 0.0572. The van der Waals surface area contributed by atoms with Crippen molar-refractivity contribution in [3.05, 3.63) is 34.4 Å². The van der Waals surface area contributed by atoms with Crippen molar-refractivity contribution in [3.63, 3.8) is 0 Å². The molecule has 1 atom stereocenters.